The smallest absolute Gasteiger partial charge is 0.329 e. The minimum absolute atomic E-state index is 0.468. The SMILES string of the molecule is CCN(CC)C(=O)C(=O)N/N=C\c1cc(C)n(-c2ccc(Cl)cc2Cl)c1C. The number of nitrogens with one attached hydrogen (secondary N) is 1. The van der Waals surface area contributed by atoms with Crippen molar-refractivity contribution in [2.24, 2.45) is 5.10 Å². The number of aromatic nitrogens is 1. The Bertz CT molecular complexity index is 886. The average Bonchev–Trinajstić information content (AvgIpc) is 2.90. The number of hydrogen-bond acceptors (Lipinski definition) is 3. The molecular weight excluding hydrogens is 387 g/mol. The molecule has 1 N–H and O–H groups in total. The summed E-state index contributed by atoms with van der Waals surface area (Å²) in [5, 5.41) is 5.02. The fourth-order valence-corrected chi connectivity index (χ4v) is 3.31. The summed E-state index contributed by atoms with van der Waals surface area (Å²) in [5.41, 5.74) is 5.72. The van der Waals surface area contributed by atoms with Crippen LogP contribution in [0.1, 0.15) is 30.8 Å². The molecule has 0 aliphatic rings. The molecule has 2 aromatic rings. The molecule has 1 heterocycles. The molecule has 1 aromatic heterocycles. The minimum Gasteiger partial charge on any atom is -0.335 e. The van der Waals surface area contributed by atoms with Crippen LogP contribution < -0.4 is 5.43 Å². The van der Waals surface area contributed by atoms with E-state index >= 15 is 0 Å². The average molecular weight is 409 g/mol. The Balaban J connectivity index is 2.20. The lowest BCUT2D eigenvalue weighted by atomic mass is 10.2. The monoisotopic (exact) mass is 408 g/mol. The number of carbonyl (C=O) groups is 2. The largest absolute Gasteiger partial charge is 0.335 e. The first-order valence-electron chi connectivity index (χ1n) is 8.56. The normalized spacial score (nSPS) is 11.0. The number of carbonyl (C=O) groups excluding carboxylic acids is 2. The maximum absolute atomic E-state index is 11.9. The van der Waals surface area contributed by atoms with Gasteiger partial charge in [0, 0.05) is 35.1 Å². The van der Waals surface area contributed by atoms with Gasteiger partial charge in [0.15, 0.2) is 0 Å². The number of aryl methyl sites for hydroxylation is 1. The van der Waals surface area contributed by atoms with Crippen LogP contribution in [0.4, 0.5) is 0 Å². The lowest BCUT2D eigenvalue weighted by Crippen LogP contribution is -2.41. The number of benzene rings is 1. The molecule has 6 nitrogen and oxygen atoms in total. The van der Waals surface area contributed by atoms with Crippen LogP contribution in [0.2, 0.25) is 10.0 Å². The highest BCUT2D eigenvalue weighted by molar-refractivity contribution is 6.36. The van der Waals surface area contributed by atoms with Gasteiger partial charge in [0.05, 0.1) is 16.9 Å². The van der Waals surface area contributed by atoms with E-state index in [1.807, 2.05) is 44.4 Å². The van der Waals surface area contributed by atoms with E-state index in [4.69, 9.17) is 23.2 Å². The van der Waals surface area contributed by atoms with Gasteiger partial charge in [-0.15, -0.1) is 0 Å². The fourth-order valence-electron chi connectivity index (χ4n) is 2.81. The number of amides is 2. The van der Waals surface area contributed by atoms with Crippen LogP contribution in [-0.2, 0) is 9.59 Å². The van der Waals surface area contributed by atoms with E-state index in [2.05, 4.69) is 10.5 Å². The Morgan fingerprint density at radius 1 is 1.19 bits per heavy atom. The first-order valence-corrected chi connectivity index (χ1v) is 9.32. The van der Waals surface area contributed by atoms with Crippen molar-refractivity contribution in [1.82, 2.24) is 14.9 Å². The summed E-state index contributed by atoms with van der Waals surface area (Å²) in [6, 6.07) is 7.22. The molecule has 0 atom stereocenters. The van der Waals surface area contributed by atoms with Crippen LogP contribution in [0.25, 0.3) is 5.69 Å². The van der Waals surface area contributed by atoms with Crippen molar-refractivity contribution in [1.29, 1.82) is 0 Å². The van der Waals surface area contributed by atoms with E-state index < -0.39 is 11.8 Å². The van der Waals surface area contributed by atoms with E-state index in [0.717, 1.165) is 22.6 Å². The molecule has 0 saturated carbocycles. The van der Waals surface area contributed by atoms with Crippen LogP contribution in [0.15, 0.2) is 29.4 Å². The van der Waals surface area contributed by atoms with Gasteiger partial charge in [-0.05, 0) is 52.0 Å². The number of nitrogens with zero attached hydrogens (tertiary/aromatic N) is 3. The van der Waals surface area contributed by atoms with Gasteiger partial charge in [0.2, 0.25) is 0 Å². The number of halogens is 2. The quantitative estimate of drug-likeness (QED) is 0.465. The topological polar surface area (TPSA) is 66.7 Å². The summed E-state index contributed by atoms with van der Waals surface area (Å²) < 4.78 is 1.98. The van der Waals surface area contributed by atoms with Gasteiger partial charge >= 0.3 is 11.8 Å². The molecule has 0 aliphatic carbocycles. The first-order chi connectivity index (χ1) is 12.8. The molecule has 144 valence electrons. The summed E-state index contributed by atoms with van der Waals surface area (Å²) in [6.07, 6.45) is 1.51. The third kappa shape index (κ3) is 4.70. The van der Waals surface area contributed by atoms with Crippen molar-refractivity contribution in [3.63, 3.8) is 0 Å². The van der Waals surface area contributed by atoms with Crippen molar-refractivity contribution in [3.05, 3.63) is 51.3 Å². The molecule has 0 bridgehead atoms. The van der Waals surface area contributed by atoms with Crippen molar-refractivity contribution in [2.75, 3.05) is 13.1 Å². The molecule has 0 saturated heterocycles. The first kappa shape index (κ1) is 21.0. The highest BCUT2D eigenvalue weighted by Crippen LogP contribution is 2.28. The van der Waals surface area contributed by atoms with Gasteiger partial charge in [-0.2, -0.15) is 5.10 Å². The van der Waals surface area contributed by atoms with Gasteiger partial charge in [-0.25, -0.2) is 5.43 Å². The minimum atomic E-state index is -0.760. The number of rotatable bonds is 5. The van der Waals surface area contributed by atoms with E-state index in [9.17, 15) is 9.59 Å². The van der Waals surface area contributed by atoms with E-state index in [0.29, 0.717) is 23.1 Å². The molecule has 0 spiro atoms. The fraction of sp³-hybridized carbons (Fsp3) is 0.316. The van der Waals surface area contributed by atoms with Crippen LogP contribution in [0, 0.1) is 13.8 Å². The predicted octanol–water partition coefficient (Wildman–Crippen LogP) is 3.72. The Labute approximate surface area is 168 Å². The molecular formula is C19H22Cl2N4O2. The second-order valence-electron chi connectivity index (χ2n) is 5.93. The summed E-state index contributed by atoms with van der Waals surface area (Å²) in [7, 11) is 0. The van der Waals surface area contributed by atoms with Crippen LogP contribution >= 0.6 is 23.2 Å². The third-order valence-corrected chi connectivity index (χ3v) is 4.77. The van der Waals surface area contributed by atoms with Gasteiger partial charge in [0.25, 0.3) is 0 Å². The van der Waals surface area contributed by atoms with Crippen molar-refractivity contribution in [3.8, 4) is 5.69 Å². The van der Waals surface area contributed by atoms with Crippen LogP contribution in [0.5, 0.6) is 0 Å². The van der Waals surface area contributed by atoms with Gasteiger partial charge in [0.1, 0.15) is 0 Å². The van der Waals surface area contributed by atoms with Crippen LogP contribution in [0.3, 0.4) is 0 Å². The zero-order valence-electron chi connectivity index (χ0n) is 15.7. The zero-order chi connectivity index (χ0) is 20.1. The van der Waals surface area contributed by atoms with Crippen molar-refractivity contribution < 1.29 is 9.59 Å². The number of hydrogen-bond donors (Lipinski definition) is 1. The van der Waals surface area contributed by atoms with Gasteiger partial charge in [-0.1, -0.05) is 23.2 Å². The molecule has 27 heavy (non-hydrogen) atoms. The lowest BCUT2D eigenvalue weighted by molar-refractivity contribution is -0.145. The molecule has 8 heteroatoms. The Morgan fingerprint density at radius 2 is 1.85 bits per heavy atom. The second-order valence-corrected chi connectivity index (χ2v) is 6.78. The Kier molecular flexibility index (Phi) is 7.05. The molecule has 2 amide bonds. The highest BCUT2D eigenvalue weighted by atomic mass is 35.5. The Morgan fingerprint density at radius 3 is 2.44 bits per heavy atom. The molecule has 0 unspecified atom stereocenters. The molecule has 0 radical (unpaired) electrons. The lowest BCUT2D eigenvalue weighted by Gasteiger charge is -2.16. The summed E-state index contributed by atoms with van der Waals surface area (Å²) in [6.45, 7) is 8.42. The summed E-state index contributed by atoms with van der Waals surface area (Å²) >= 11 is 12.3. The molecule has 0 aliphatic heterocycles. The zero-order valence-corrected chi connectivity index (χ0v) is 17.2. The van der Waals surface area contributed by atoms with E-state index in [1.165, 1.54) is 11.1 Å². The van der Waals surface area contributed by atoms with Crippen molar-refractivity contribution in [2.45, 2.75) is 27.7 Å². The van der Waals surface area contributed by atoms with Crippen LogP contribution in [-0.4, -0.2) is 40.6 Å². The third-order valence-electron chi connectivity index (χ3n) is 4.24. The van der Waals surface area contributed by atoms with Crippen molar-refractivity contribution >= 4 is 41.2 Å². The Hall–Kier alpha value is -2.31. The molecule has 2 rings (SSSR count). The van der Waals surface area contributed by atoms with E-state index in [1.54, 1.807) is 12.1 Å². The number of likely N-dealkylation sites (N-methyl/N-ethyl adjacent to an activating group) is 1. The van der Waals surface area contributed by atoms with Gasteiger partial charge in [-0.3, -0.25) is 9.59 Å². The standard InChI is InChI=1S/C19H22Cl2N4O2/c1-5-24(6-2)19(27)18(26)23-22-11-14-9-12(3)25(13(14)4)17-8-7-15(20)10-16(17)21/h7-11H,5-6H2,1-4H3,(H,23,26)/b22-11-. The summed E-state index contributed by atoms with van der Waals surface area (Å²) in [4.78, 5) is 25.3. The highest BCUT2D eigenvalue weighted by Gasteiger charge is 2.18. The molecule has 0 fully saturated rings. The summed E-state index contributed by atoms with van der Waals surface area (Å²) in [5.74, 6) is -1.36. The van der Waals surface area contributed by atoms with E-state index in [-0.39, 0.29) is 0 Å². The molecule has 1 aromatic carbocycles. The van der Waals surface area contributed by atoms with Gasteiger partial charge < -0.3 is 9.47 Å². The maximum atomic E-state index is 11.9. The predicted molar refractivity (Wildman–Crippen MR) is 109 cm³/mol. The number of hydrazone groups is 1. The maximum Gasteiger partial charge on any atom is 0.329 e. The second kappa shape index (κ2) is 9.06.